The number of hydrogen-bond donors (Lipinski definition) is 2. The molecule has 2 N–H and O–H groups in total. The van der Waals surface area contributed by atoms with E-state index in [1.165, 1.54) is 16.8 Å². The van der Waals surface area contributed by atoms with Crippen molar-refractivity contribution in [2.24, 2.45) is 0 Å². The number of H-pyrrole nitrogens is 1. The molecule has 0 amide bonds. The summed E-state index contributed by atoms with van der Waals surface area (Å²) in [6.45, 7) is 5.93. The third kappa shape index (κ3) is 3.55. The molecule has 3 aromatic rings. The minimum Gasteiger partial charge on any atom is -0.478 e. The van der Waals surface area contributed by atoms with Gasteiger partial charge in [-0.1, -0.05) is 12.6 Å². The smallest absolute Gasteiger partial charge is 0.335 e. The Bertz CT molecular complexity index is 1170. The lowest BCUT2D eigenvalue weighted by Gasteiger charge is -2.13. The summed E-state index contributed by atoms with van der Waals surface area (Å²) in [6.07, 6.45) is 1.82. The molecule has 0 spiro atoms. The third-order valence-corrected chi connectivity index (χ3v) is 4.45. The molecule has 0 unspecified atom stereocenters. The Morgan fingerprint density at radius 1 is 1.19 bits per heavy atom. The van der Waals surface area contributed by atoms with Crippen molar-refractivity contribution >= 4 is 24.3 Å². The van der Waals surface area contributed by atoms with E-state index >= 15 is 0 Å². The number of anilines is 1. The van der Waals surface area contributed by atoms with Gasteiger partial charge >= 0.3 is 5.97 Å². The van der Waals surface area contributed by atoms with Gasteiger partial charge in [-0.3, -0.25) is 9.89 Å². The molecule has 0 fully saturated rings. The molecular weight excluding hydrogens is 342 g/mol. The van der Waals surface area contributed by atoms with Crippen LogP contribution in [0, 0.1) is 6.92 Å². The molecule has 0 saturated carbocycles. The molecule has 0 aliphatic heterocycles. The first-order chi connectivity index (χ1) is 12.8. The zero-order chi connectivity index (χ0) is 19.7. The molecule has 6 nitrogen and oxygen atoms in total. The van der Waals surface area contributed by atoms with E-state index < -0.39 is 5.97 Å². The Morgan fingerprint density at radius 3 is 2.41 bits per heavy atom. The van der Waals surface area contributed by atoms with Crippen LogP contribution in [0.3, 0.4) is 0 Å². The molecule has 0 aliphatic rings. The number of carboxylic acids is 1. The molecule has 0 atom stereocenters. The van der Waals surface area contributed by atoms with Gasteiger partial charge in [-0.25, -0.2) is 9.48 Å². The average Bonchev–Trinajstić information content (AvgIpc) is 2.91. The predicted molar refractivity (Wildman–Crippen MR) is 107 cm³/mol. The van der Waals surface area contributed by atoms with Crippen molar-refractivity contribution in [2.75, 3.05) is 19.0 Å². The highest BCUT2D eigenvalue weighted by atomic mass is 16.4. The van der Waals surface area contributed by atoms with Gasteiger partial charge in [0.25, 0.3) is 5.56 Å². The van der Waals surface area contributed by atoms with Crippen LogP contribution in [0.5, 0.6) is 0 Å². The van der Waals surface area contributed by atoms with Crippen molar-refractivity contribution in [2.45, 2.75) is 6.92 Å². The van der Waals surface area contributed by atoms with Crippen LogP contribution in [0.2, 0.25) is 0 Å². The number of nitrogens with one attached hydrogen (secondary N) is 1. The summed E-state index contributed by atoms with van der Waals surface area (Å²) in [5.74, 6) is -1.01. The molecule has 1 aromatic heterocycles. The summed E-state index contributed by atoms with van der Waals surface area (Å²) in [7, 11) is 3.96. The number of aryl methyl sites for hydroxylation is 1. The zero-order valence-corrected chi connectivity index (χ0v) is 15.5. The molecule has 0 saturated heterocycles. The fourth-order valence-corrected chi connectivity index (χ4v) is 2.83. The van der Waals surface area contributed by atoms with Crippen LogP contribution >= 0.6 is 0 Å². The van der Waals surface area contributed by atoms with Crippen LogP contribution < -0.4 is 21.0 Å². The van der Waals surface area contributed by atoms with Crippen LogP contribution in [0.25, 0.3) is 18.3 Å². The highest BCUT2D eigenvalue weighted by Gasteiger charge is 2.08. The Balaban J connectivity index is 2.09. The Labute approximate surface area is 156 Å². The highest BCUT2D eigenvalue weighted by Crippen LogP contribution is 2.17. The number of aromatic amines is 1. The predicted octanol–water partition coefficient (Wildman–Crippen LogP) is 1.48. The van der Waals surface area contributed by atoms with E-state index in [0.717, 1.165) is 16.8 Å². The topological polar surface area (TPSA) is 78.3 Å². The van der Waals surface area contributed by atoms with Crippen molar-refractivity contribution in [1.82, 2.24) is 9.78 Å². The lowest BCUT2D eigenvalue weighted by Crippen LogP contribution is -2.34. The second-order valence-corrected chi connectivity index (χ2v) is 6.58. The fourth-order valence-electron chi connectivity index (χ4n) is 2.83. The van der Waals surface area contributed by atoms with Crippen molar-refractivity contribution in [3.05, 3.63) is 80.1 Å². The summed E-state index contributed by atoms with van der Waals surface area (Å²) in [4.78, 5) is 25.8. The van der Waals surface area contributed by atoms with Gasteiger partial charge in [-0.2, -0.15) is 0 Å². The molecule has 0 radical (unpaired) electrons. The molecule has 1 heterocycles. The van der Waals surface area contributed by atoms with E-state index in [4.69, 9.17) is 5.11 Å². The number of carboxylic acid groups (broad SMARTS) is 1. The van der Waals surface area contributed by atoms with Gasteiger partial charge in [0.05, 0.1) is 21.8 Å². The molecular formula is C21H21N3O3. The number of benzene rings is 2. The van der Waals surface area contributed by atoms with Crippen LogP contribution in [-0.2, 0) is 0 Å². The first kappa shape index (κ1) is 18.3. The monoisotopic (exact) mass is 363 g/mol. The molecule has 3 rings (SSSR count). The molecule has 0 aliphatic carbocycles. The first-order valence-corrected chi connectivity index (χ1v) is 8.41. The standard InChI is InChI=1S/C21H21N3O3/c1-13-11-18(23(3)4)10-7-16(13)12-19-14(2)22-24(20(19)25)17-8-5-15(6-9-17)21(26)27/h5-12,22H,2H2,1,3-4H3,(H,26,27). The molecule has 6 heteroatoms. The van der Waals surface area contributed by atoms with Crippen molar-refractivity contribution < 1.29 is 9.90 Å². The van der Waals surface area contributed by atoms with E-state index in [1.54, 1.807) is 12.1 Å². The highest BCUT2D eigenvalue weighted by molar-refractivity contribution is 5.87. The maximum atomic E-state index is 12.8. The maximum Gasteiger partial charge on any atom is 0.335 e. The van der Waals surface area contributed by atoms with E-state index in [2.05, 4.69) is 17.7 Å². The van der Waals surface area contributed by atoms with Crippen LogP contribution in [0.4, 0.5) is 5.69 Å². The average molecular weight is 363 g/mol. The maximum absolute atomic E-state index is 12.8. The number of aromatic carboxylic acids is 1. The largest absolute Gasteiger partial charge is 0.478 e. The van der Waals surface area contributed by atoms with Gasteiger partial charge in [0.2, 0.25) is 0 Å². The second kappa shape index (κ2) is 6.99. The number of carbonyl (C=O) groups is 1. The van der Waals surface area contributed by atoms with Crippen molar-refractivity contribution in [3.63, 3.8) is 0 Å². The number of hydrogen-bond acceptors (Lipinski definition) is 3. The van der Waals surface area contributed by atoms with Gasteiger partial charge in [-0.05, 0) is 60.5 Å². The van der Waals surface area contributed by atoms with Gasteiger partial charge in [-0.15, -0.1) is 0 Å². The van der Waals surface area contributed by atoms with E-state index in [9.17, 15) is 9.59 Å². The van der Waals surface area contributed by atoms with Gasteiger partial charge in [0, 0.05) is 19.8 Å². The van der Waals surface area contributed by atoms with E-state index in [-0.39, 0.29) is 11.1 Å². The summed E-state index contributed by atoms with van der Waals surface area (Å²) < 4.78 is 1.36. The Kier molecular flexibility index (Phi) is 4.73. The van der Waals surface area contributed by atoms with E-state index in [0.29, 0.717) is 16.3 Å². The minimum atomic E-state index is -1.01. The number of aromatic nitrogens is 2. The van der Waals surface area contributed by atoms with Crippen LogP contribution in [0.1, 0.15) is 21.5 Å². The van der Waals surface area contributed by atoms with Gasteiger partial charge in [0.1, 0.15) is 0 Å². The summed E-state index contributed by atoms with van der Waals surface area (Å²) in [6, 6.07) is 12.1. The molecule has 138 valence electrons. The molecule has 27 heavy (non-hydrogen) atoms. The Morgan fingerprint density at radius 2 is 1.85 bits per heavy atom. The third-order valence-electron chi connectivity index (χ3n) is 4.45. The summed E-state index contributed by atoms with van der Waals surface area (Å²) >= 11 is 0. The normalized spacial score (nSPS) is 11.6. The summed E-state index contributed by atoms with van der Waals surface area (Å²) in [5.41, 5.74) is 3.56. The van der Waals surface area contributed by atoms with E-state index in [1.807, 2.05) is 44.1 Å². The Hall–Kier alpha value is -3.54. The van der Waals surface area contributed by atoms with Gasteiger partial charge in [0.15, 0.2) is 0 Å². The quantitative estimate of drug-likeness (QED) is 0.736. The lowest BCUT2D eigenvalue weighted by molar-refractivity contribution is 0.0697. The van der Waals surface area contributed by atoms with Crippen LogP contribution in [-0.4, -0.2) is 35.0 Å². The second-order valence-electron chi connectivity index (χ2n) is 6.58. The lowest BCUT2D eigenvalue weighted by atomic mass is 10.1. The summed E-state index contributed by atoms with van der Waals surface area (Å²) in [5, 5.41) is 12.9. The number of rotatable bonds is 4. The first-order valence-electron chi connectivity index (χ1n) is 8.41. The fraction of sp³-hybridized carbons (Fsp3) is 0.143. The minimum absolute atomic E-state index is 0.164. The van der Waals surface area contributed by atoms with Crippen molar-refractivity contribution in [3.8, 4) is 5.69 Å². The zero-order valence-electron chi connectivity index (χ0n) is 15.5. The SMILES string of the molecule is C=c1[nH]n(-c2ccc(C(=O)O)cc2)c(=O)c1=Cc1ccc(N(C)C)cc1C. The van der Waals surface area contributed by atoms with Crippen molar-refractivity contribution in [1.29, 1.82) is 0 Å². The molecule has 0 bridgehead atoms. The number of nitrogens with zero attached hydrogens (tertiary/aromatic N) is 2. The van der Waals surface area contributed by atoms with Crippen LogP contribution in [0.15, 0.2) is 47.3 Å². The van der Waals surface area contributed by atoms with Gasteiger partial charge < -0.3 is 10.0 Å². The molecule has 2 aromatic carbocycles.